The van der Waals surface area contributed by atoms with Crippen molar-refractivity contribution in [3.63, 3.8) is 0 Å². The molecule has 3 nitrogen and oxygen atoms in total. The molecule has 0 fully saturated rings. The zero-order valence-electron chi connectivity index (χ0n) is 13.3. The summed E-state index contributed by atoms with van der Waals surface area (Å²) in [6.45, 7) is 5.84. The molecule has 0 radical (unpaired) electrons. The van der Waals surface area contributed by atoms with Crippen LogP contribution in [0.2, 0.25) is 0 Å². The summed E-state index contributed by atoms with van der Waals surface area (Å²) in [6, 6.07) is 20.4. The molecule has 0 saturated carbocycles. The smallest absolute Gasteiger partial charge is 0.237 e. The standard InChI is InChI=1S/C19H24N2O/c1-16(2)21(15-18-11-7-4-8-12-18)19(22)14-20-13-17-9-5-3-6-10-17/h3-12,16,20H,13-15H2,1-2H3. The number of nitrogens with zero attached hydrogens (tertiary/aromatic N) is 1. The van der Waals surface area contributed by atoms with Gasteiger partial charge in [-0.05, 0) is 25.0 Å². The van der Waals surface area contributed by atoms with E-state index in [0.29, 0.717) is 19.6 Å². The topological polar surface area (TPSA) is 32.3 Å². The molecule has 1 amide bonds. The summed E-state index contributed by atoms with van der Waals surface area (Å²) in [7, 11) is 0. The summed E-state index contributed by atoms with van der Waals surface area (Å²) in [5, 5.41) is 3.23. The van der Waals surface area contributed by atoms with E-state index >= 15 is 0 Å². The lowest BCUT2D eigenvalue weighted by Gasteiger charge is -2.27. The van der Waals surface area contributed by atoms with Crippen LogP contribution in [0, 0.1) is 0 Å². The summed E-state index contributed by atoms with van der Waals surface area (Å²) >= 11 is 0. The number of carbonyl (C=O) groups is 1. The predicted octanol–water partition coefficient (Wildman–Crippen LogP) is 3.21. The fraction of sp³-hybridized carbons (Fsp3) is 0.316. The van der Waals surface area contributed by atoms with Crippen molar-refractivity contribution in [2.75, 3.05) is 6.54 Å². The van der Waals surface area contributed by atoms with Gasteiger partial charge in [0.25, 0.3) is 0 Å². The molecule has 1 N–H and O–H groups in total. The highest BCUT2D eigenvalue weighted by Crippen LogP contribution is 2.08. The van der Waals surface area contributed by atoms with Crippen molar-refractivity contribution in [2.24, 2.45) is 0 Å². The van der Waals surface area contributed by atoms with Crippen molar-refractivity contribution in [3.8, 4) is 0 Å². The Bertz CT molecular complexity index is 567. The van der Waals surface area contributed by atoms with E-state index in [1.54, 1.807) is 0 Å². The van der Waals surface area contributed by atoms with E-state index in [4.69, 9.17) is 0 Å². The largest absolute Gasteiger partial charge is 0.335 e. The number of nitrogens with one attached hydrogen (secondary N) is 1. The van der Waals surface area contributed by atoms with Crippen LogP contribution < -0.4 is 5.32 Å². The second-order valence-corrected chi connectivity index (χ2v) is 5.69. The maximum Gasteiger partial charge on any atom is 0.237 e. The van der Waals surface area contributed by atoms with Gasteiger partial charge in [0.2, 0.25) is 5.91 Å². The lowest BCUT2D eigenvalue weighted by molar-refractivity contribution is -0.132. The fourth-order valence-electron chi connectivity index (χ4n) is 2.35. The SMILES string of the molecule is CC(C)N(Cc1ccccc1)C(=O)CNCc1ccccc1. The van der Waals surface area contributed by atoms with Gasteiger partial charge in [0.15, 0.2) is 0 Å². The zero-order valence-corrected chi connectivity index (χ0v) is 13.3. The van der Waals surface area contributed by atoms with E-state index in [1.807, 2.05) is 41.3 Å². The molecule has 0 spiro atoms. The van der Waals surface area contributed by atoms with Gasteiger partial charge in [0.05, 0.1) is 6.54 Å². The average molecular weight is 296 g/mol. The van der Waals surface area contributed by atoms with E-state index in [9.17, 15) is 4.79 Å². The highest BCUT2D eigenvalue weighted by molar-refractivity contribution is 5.78. The van der Waals surface area contributed by atoms with Crippen molar-refractivity contribution in [1.29, 1.82) is 0 Å². The number of hydrogen-bond acceptors (Lipinski definition) is 2. The molecule has 2 rings (SSSR count). The highest BCUT2D eigenvalue weighted by Gasteiger charge is 2.16. The zero-order chi connectivity index (χ0) is 15.8. The first-order valence-electron chi connectivity index (χ1n) is 7.75. The van der Waals surface area contributed by atoms with Crippen LogP contribution in [-0.4, -0.2) is 23.4 Å². The monoisotopic (exact) mass is 296 g/mol. The molecule has 0 aromatic heterocycles. The van der Waals surface area contributed by atoms with Gasteiger partial charge in [0.1, 0.15) is 0 Å². The minimum Gasteiger partial charge on any atom is -0.335 e. The van der Waals surface area contributed by atoms with Crippen LogP contribution in [0.4, 0.5) is 0 Å². The Balaban J connectivity index is 1.87. The Morgan fingerprint density at radius 3 is 2.05 bits per heavy atom. The molecule has 0 saturated heterocycles. The fourth-order valence-corrected chi connectivity index (χ4v) is 2.35. The minimum absolute atomic E-state index is 0.134. The van der Waals surface area contributed by atoms with Gasteiger partial charge in [-0.15, -0.1) is 0 Å². The van der Waals surface area contributed by atoms with Crippen molar-refractivity contribution < 1.29 is 4.79 Å². The van der Waals surface area contributed by atoms with Gasteiger partial charge in [0, 0.05) is 19.1 Å². The summed E-state index contributed by atoms with van der Waals surface area (Å²) in [5.74, 6) is 0.134. The Morgan fingerprint density at radius 2 is 1.50 bits per heavy atom. The van der Waals surface area contributed by atoms with E-state index in [1.165, 1.54) is 5.56 Å². The maximum absolute atomic E-state index is 12.4. The van der Waals surface area contributed by atoms with Gasteiger partial charge in [-0.2, -0.15) is 0 Å². The van der Waals surface area contributed by atoms with Gasteiger partial charge in [-0.25, -0.2) is 0 Å². The summed E-state index contributed by atoms with van der Waals surface area (Å²) in [4.78, 5) is 14.4. The number of amides is 1. The second kappa shape index (κ2) is 8.35. The van der Waals surface area contributed by atoms with E-state index in [-0.39, 0.29) is 11.9 Å². The van der Waals surface area contributed by atoms with E-state index in [0.717, 1.165) is 5.56 Å². The normalized spacial score (nSPS) is 10.7. The number of hydrogen-bond donors (Lipinski definition) is 1. The summed E-state index contributed by atoms with van der Waals surface area (Å²) < 4.78 is 0. The van der Waals surface area contributed by atoms with Crippen molar-refractivity contribution >= 4 is 5.91 Å². The van der Waals surface area contributed by atoms with Gasteiger partial charge in [-0.1, -0.05) is 60.7 Å². The first-order chi connectivity index (χ1) is 10.7. The van der Waals surface area contributed by atoms with Crippen LogP contribution in [0.25, 0.3) is 0 Å². The molecular formula is C19H24N2O. The lowest BCUT2D eigenvalue weighted by Crippen LogP contribution is -2.41. The van der Waals surface area contributed by atoms with Gasteiger partial charge >= 0.3 is 0 Å². The molecule has 2 aromatic rings. The van der Waals surface area contributed by atoms with E-state index < -0.39 is 0 Å². The first-order valence-corrected chi connectivity index (χ1v) is 7.75. The van der Waals surface area contributed by atoms with Crippen LogP contribution in [0.5, 0.6) is 0 Å². The second-order valence-electron chi connectivity index (χ2n) is 5.69. The molecule has 22 heavy (non-hydrogen) atoms. The third-order valence-corrected chi connectivity index (χ3v) is 3.59. The number of rotatable bonds is 7. The molecule has 0 aliphatic rings. The van der Waals surface area contributed by atoms with Crippen LogP contribution in [-0.2, 0) is 17.9 Å². The molecule has 0 atom stereocenters. The molecule has 0 heterocycles. The lowest BCUT2D eigenvalue weighted by atomic mass is 10.2. The minimum atomic E-state index is 0.134. The summed E-state index contributed by atoms with van der Waals surface area (Å²) in [5.41, 5.74) is 2.35. The summed E-state index contributed by atoms with van der Waals surface area (Å²) in [6.07, 6.45) is 0. The van der Waals surface area contributed by atoms with Crippen molar-refractivity contribution in [1.82, 2.24) is 10.2 Å². The third-order valence-electron chi connectivity index (χ3n) is 3.59. The van der Waals surface area contributed by atoms with Gasteiger partial charge in [-0.3, -0.25) is 4.79 Å². The Kier molecular flexibility index (Phi) is 6.16. The molecule has 0 bridgehead atoms. The third kappa shape index (κ3) is 5.01. The van der Waals surface area contributed by atoms with Crippen LogP contribution in [0.3, 0.4) is 0 Å². The van der Waals surface area contributed by atoms with Crippen LogP contribution in [0.1, 0.15) is 25.0 Å². The van der Waals surface area contributed by atoms with Crippen molar-refractivity contribution in [2.45, 2.75) is 33.0 Å². The Morgan fingerprint density at radius 1 is 0.955 bits per heavy atom. The molecule has 116 valence electrons. The van der Waals surface area contributed by atoms with Crippen molar-refractivity contribution in [3.05, 3.63) is 71.8 Å². The first kappa shape index (κ1) is 16.2. The predicted molar refractivity (Wildman–Crippen MR) is 90.3 cm³/mol. The molecule has 0 unspecified atom stereocenters. The highest BCUT2D eigenvalue weighted by atomic mass is 16.2. The Hall–Kier alpha value is -2.13. The van der Waals surface area contributed by atoms with Crippen LogP contribution >= 0.6 is 0 Å². The molecule has 3 heteroatoms. The quantitative estimate of drug-likeness (QED) is 0.851. The molecule has 2 aromatic carbocycles. The van der Waals surface area contributed by atoms with Gasteiger partial charge < -0.3 is 10.2 Å². The average Bonchev–Trinajstić information content (AvgIpc) is 2.54. The number of benzene rings is 2. The maximum atomic E-state index is 12.4. The molecule has 0 aliphatic heterocycles. The number of carbonyl (C=O) groups excluding carboxylic acids is 1. The van der Waals surface area contributed by atoms with Crippen LogP contribution in [0.15, 0.2) is 60.7 Å². The van der Waals surface area contributed by atoms with E-state index in [2.05, 4.69) is 43.4 Å². The Labute approximate surface area is 133 Å². The molecule has 0 aliphatic carbocycles. The molecular weight excluding hydrogens is 272 g/mol.